The Morgan fingerprint density at radius 3 is 2.52 bits per heavy atom. The van der Waals surface area contributed by atoms with Crippen LogP contribution in [0.1, 0.15) is 17.5 Å². The summed E-state index contributed by atoms with van der Waals surface area (Å²) in [7, 11) is -4.19. The van der Waals surface area contributed by atoms with Crippen molar-refractivity contribution in [2.45, 2.75) is 30.8 Å². The van der Waals surface area contributed by atoms with Gasteiger partial charge in [-0.3, -0.25) is 15.0 Å². The summed E-state index contributed by atoms with van der Waals surface area (Å²) in [4.78, 5) is 16.0. The Morgan fingerprint density at radius 2 is 2.00 bits per heavy atom. The van der Waals surface area contributed by atoms with Gasteiger partial charge < -0.3 is 0 Å². The fraction of sp³-hybridized carbons (Fsp3) is 0.222. The van der Waals surface area contributed by atoms with Crippen LogP contribution in [-0.4, -0.2) is 34.9 Å². The first kappa shape index (κ1) is 20.7. The van der Waals surface area contributed by atoms with Crippen molar-refractivity contribution in [2.75, 3.05) is 0 Å². The Hall–Kier alpha value is -2.62. The minimum atomic E-state index is -4.19. The number of carbonyl (C=O) groups is 1. The van der Waals surface area contributed by atoms with Crippen LogP contribution in [0.3, 0.4) is 0 Å². The predicted molar refractivity (Wildman–Crippen MR) is 96.7 cm³/mol. The van der Waals surface area contributed by atoms with Crippen LogP contribution in [0.2, 0.25) is 0 Å². The van der Waals surface area contributed by atoms with E-state index in [0.717, 1.165) is 9.87 Å². The maximum atomic E-state index is 13.5. The van der Waals surface area contributed by atoms with E-state index in [1.165, 1.54) is 30.0 Å². The van der Waals surface area contributed by atoms with Gasteiger partial charge in [-0.1, -0.05) is 30.3 Å². The molecule has 2 rings (SSSR count). The number of hydroxylamine groups is 1. The molecule has 1 heterocycles. The van der Waals surface area contributed by atoms with Crippen molar-refractivity contribution in [1.29, 1.82) is 0 Å². The summed E-state index contributed by atoms with van der Waals surface area (Å²) < 4.78 is 40.7. The molecule has 0 spiro atoms. The second kappa shape index (κ2) is 8.85. The highest BCUT2D eigenvalue weighted by Crippen LogP contribution is 2.24. The van der Waals surface area contributed by atoms with Crippen LogP contribution in [0.5, 0.6) is 0 Å². The number of nitrogens with zero attached hydrogens (tertiary/aromatic N) is 2. The Bertz CT molecular complexity index is 902. The molecule has 9 heteroatoms. The summed E-state index contributed by atoms with van der Waals surface area (Å²) in [6, 6.07) is 7.75. The molecule has 0 unspecified atom stereocenters. The van der Waals surface area contributed by atoms with Gasteiger partial charge >= 0.3 is 0 Å². The summed E-state index contributed by atoms with van der Waals surface area (Å²) in [6.07, 6.45) is 2.36. The molecule has 0 fully saturated rings. The molecule has 1 atom stereocenters. The zero-order valence-corrected chi connectivity index (χ0v) is 15.5. The van der Waals surface area contributed by atoms with Crippen molar-refractivity contribution in [3.63, 3.8) is 0 Å². The Kier molecular flexibility index (Phi) is 6.78. The fourth-order valence-corrected chi connectivity index (χ4v) is 4.06. The molecule has 1 amide bonds. The lowest BCUT2D eigenvalue weighted by molar-refractivity contribution is -0.133. The molecule has 7 nitrogen and oxygen atoms in total. The average molecular weight is 393 g/mol. The summed E-state index contributed by atoms with van der Waals surface area (Å²) in [5.41, 5.74) is 2.75. The molecule has 0 saturated carbocycles. The second-order valence-electron chi connectivity index (χ2n) is 5.94. The topological polar surface area (TPSA) is 99.6 Å². The molecule has 1 aromatic carbocycles. The molecule has 144 valence electrons. The second-order valence-corrected chi connectivity index (χ2v) is 7.83. The number of hydrogen-bond acceptors (Lipinski definition) is 5. The first-order valence-electron chi connectivity index (χ1n) is 8.00. The van der Waals surface area contributed by atoms with E-state index in [1.54, 1.807) is 31.2 Å². The van der Waals surface area contributed by atoms with Gasteiger partial charge in [0.1, 0.15) is 6.04 Å². The van der Waals surface area contributed by atoms with E-state index < -0.39 is 34.2 Å². The molecule has 0 aliphatic carbocycles. The van der Waals surface area contributed by atoms with Crippen molar-refractivity contribution in [2.24, 2.45) is 0 Å². The van der Waals surface area contributed by atoms with Crippen molar-refractivity contribution in [3.05, 3.63) is 72.3 Å². The van der Waals surface area contributed by atoms with Crippen molar-refractivity contribution in [3.8, 4) is 0 Å². The molecular weight excluding hydrogens is 373 g/mol. The molecule has 0 radical (unpaired) electrons. The van der Waals surface area contributed by atoms with Crippen LogP contribution in [-0.2, 0) is 21.4 Å². The van der Waals surface area contributed by atoms with Crippen LogP contribution in [0, 0.1) is 6.92 Å². The van der Waals surface area contributed by atoms with Gasteiger partial charge in [0.2, 0.25) is 10.0 Å². The van der Waals surface area contributed by atoms with Gasteiger partial charge in [-0.05, 0) is 30.7 Å². The van der Waals surface area contributed by atoms with Gasteiger partial charge in [0, 0.05) is 25.4 Å². The monoisotopic (exact) mass is 393 g/mol. The van der Waals surface area contributed by atoms with E-state index in [9.17, 15) is 17.6 Å². The van der Waals surface area contributed by atoms with Crippen LogP contribution >= 0.6 is 0 Å². The van der Waals surface area contributed by atoms with Crippen LogP contribution in [0.15, 0.2) is 66.1 Å². The lowest BCUT2D eigenvalue weighted by Gasteiger charge is -2.29. The fourth-order valence-electron chi connectivity index (χ4n) is 2.49. The summed E-state index contributed by atoms with van der Waals surface area (Å²) >= 11 is 0. The SMILES string of the molecule is C=C(F)C[C@@H](C(=O)NO)N(Cc1cccnc1)S(=O)(=O)c1ccc(C)cc1. The maximum absolute atomic E-state index is 13.5. The first-order valence-corrected chi connectivity index (χ1v) is 9.44. The Morgan fingerprint density at radius 1 is 1.33 bits per heavy atom. The number of aryl methyl sites for hydroxylation is 1. The molecule has 0 bridgehead atoms. The number of nitrogens with one attached hydrogen (secondary N) is 1. The van der Waals surface area contributed by atoms with E-state index in [2.05, 4.69) is 11.6 Å². The highest BCUT2D eigenvalue weighted by atomic mass is 32.2. The first-order chi connectivity index (χ1) is 12.8. The quantitative estimate of drug-likeness (QED) is 0.530. The summed E-state index contributed by atoms with van der Waals surface area (Å²) in [5.74, 6) is -1.95. The number of halogens is 1. The molecule has 27 heavy (non-hydrogen) atoms. The number of carbonyl (C=O) groups excluding carboxylic acids is 1. The minimum absolute atomic E-state index is 0.0581. The summed E-state index contributed by atoms with van der Waals surface area (Å²) in [6.45, 7) is 4.67. The zero-order chi connectivity index (χ0) is 20.0. The van der Waals surface area contributed by atoms with Crippen molar-refractivity contribution >= 4 is 15.9 Å². The number of pyridine rings is 1. The lowest BCUT2D eigenvalue weighted by atomic mass is 10.1. The van der Waals surface area contributed by atoms with Crippen molar-refractivity contribution < 1.29 is 22.8 Å². The van der Waals surface area contributed by atoms with E-state index >= 15 is 0 Å². The minimum Gasteiger partial charge on any atom is -0.289 e. The smallest absolute Gasteiger partial charge is 0.262 e. The third-order valence-electron chi connectivity index (χ3n) is 3.86. The van der Waals surface area contributed by atoms with E-state index in [0.29, 0.717) is 5.56 Å². The Labute approximate surface area is 157 Å². The Balaban J connectivity index is 2.54. The van der Waals surface area contributed by atoms with Crippen molar-refractivity contribution in [1.82, 2.24) is 14.8 Å². The lowest BCUT2D eigenvalue weighted by Crippen LogP contribution is -2.48. The third kappa shape index (κ3) is 5.19. The standard InChI is InChI=1S/C18H20FN3O4S/c1-13-5-7-16(8-6-13)27(25,26)22(12-15-4-3-9-20-11-15)17(10-14(2)19)18(23)21-24/h3-9,11,17,24H,2,10,12H2,1H3,(H,21,23)/t17-/m0/s1. The zero-order valence-electron chi connectivity index (χ0n) is 14.7. The average Bonchev–Trinajstić information content (AvgIpc) is 2.64. The molecule has 2 N–H and O–H groups in total. The van der Waals surface area contributed by atoms with Crippen LogP contribution in [0.25, 0.3) is 0 Å². The predicted octanol–water partition coefficient (Wildman–Crippen LogP) is 2.33. The highest BCUT2D eigenvalue weighted by molar-refractivity contribution is 7.89. The van der Waals surface area contributed by atoms with Crippen LogP contribution in [0.4, 0.5) is 4.39 Å². The largest absolute Gasteiger partial charge is 0.289 e. The van der Waals surface area contributed by atoms with Gasteiger partial charge in [-0.2, -0.15) is 4.31 Å². The number of amides is 1. The van der Waals surface area contributed by atoms with Gasteiger partial charge in [0.15, 0.2) is 0 Å². The number of sulfonamides is 1. The number of hydrogen-bond donors (Lipinski definition) is 2. The van der Waals surface area contributed by atoms with Gasteiger partial charge in [0.25, 0.3) is 5.91 Å². The van der Waals surface area contributed by atoms with Gasteiger partial charge in [-0.15, -0.1) is 0 Å². The molecule has 1 aromatic heterocycles. The van der Waals surface area contributed by atoms with Gasteiger partial charge in [-0.25, -0.2) is 18.3 Å². The molecule has 0 aliphatic rings. The molecular formula is C18H20FN3O4S. The third-order valence-corrected chi connectivity index (χ3v) is 5.73. The maximum Gasteiger partial charge on any atom is 0.262 e. The highest BCUT2D eigenvalue weighted by Gasteiger charge is 2.36. The van der Waals surface area contributed by atoms with Gasteiger partial charge in [0.05, 0.1) is 10.7 Å². The summed E-state index contributed by atoms with van der Waals surface area (Å²) in [5, 5.41) is 9.02. The van der Waals surface area contributed by atoms with E-state index in [-0.39, 0.29) is 11.4 Å². The molecule has 2 aromatic rings. The molecule has 0 aliphatic heterocycles. The molecule has 0 saturated heterocycles. The van der Waals surface area contributed by atoms with E-state index in [4.69, 9.17) is 5.21 Å². The number of aromatic nitrogens is 1. The number of rotatable bonds is 8. The van der Waals surface area contributed by atoms with Crippen LogP contribution < -0.4 is 5.48 Å². The number of benzene rings is 1. The van der Waals surface area contributed by atoms with E-state index in [1.807, 2.05) is 0 Å². The normalized spacial score (nSPS) is 12.6.